The van der Waals surface area contributed by atoms with E-state index >= 15 is 0 Å². The summed E-state index contributed by atoms with van der Waals surface area (Å²) < 4.78 is 19.1. The van der Waals surface area contributed by atoms with Crippen LogP contribution in [-0.4, -0.2) is 7.11 Å². The first-order valence-electron chi connectivity index (χ1n) is 6.36. The number of halogens is 2. The number of hydrogen-bond donors (Lipinski definition) is 1. The number of benzene rings is 2. The van der Waals surface area contributed by atoms with Gasteiger partial charge in [-0.2, -0.15) is 0 Å². The Kier molecular flexibility index (Phi) is 5.15. The maximum absolute atomic E-state index is 13.5. The Morgan fingerprint density at radius 2 is 1.80 bits per heavy atom. The minimum Gasteiger partial charge on any atom is -0.381 e. The fourth-order valence-electron chi connectivity index (χ4n) is 1.95. The van der Waals surface area contributed by atoms with Gasteiger partial charge in [0.15, 0.2) is 0 Å². The summed E-state index contributed by atoms with van der Waals surface area (Å²) in [5.41, 5.74) is 4.11. The number of rotatable bonds is 5. The van der Waals surface area contributed by atoms with Crippen molar-refractivity contribution in [3.8, 4) is 0 Å². The van der Waals surface area contributed by atoms with E-state index in [0.717, 1.165) is 22.4 Å². The van der Waals surface area contributed by atoms with Crippen LogP contribution in [-0.2, 0) is 17.9 Å². The second-order valence-corrected chi connectivity index (χ2v) is 5.54. The van der Waals surface area contributed by atoms with E-state index in [-0.39, 0.29) is 5.82 Å². The molecule has 0 radical (unpaired) electrons. The minimum atomic E-state index is -0.256. The van der Waals surface area contributed by atoms with Gasteiger partial charge < -0.3 is 10.1 Å². The highest BCUT2D eigenvalue weighted by atomic mass is 79.9. The Bertz CT molecular complexity index is 584. The lowest BCUT2D eigenvalue weighted by molar-refractivity contribution is 0.185. The van der Waals surface area contributed by atoms with Gasteiger partial charge in [0.05, 0.1) is 11.1 Å². The van der Waals surface area contributed by atoms with Gasteiger partial charge in [0.2, 0.25) is 0 Å². The molecule has 0 heterocycles. The van der Waals surface area contributed by atoms with E-state index in [9.17, 15) is 4.39 Å². The largest absolute Gasteiger partial charge is 0.381 e. The number of ether oxygens (including phenoxy) is 1. The number of nitrogens with one attached hydrogen (secondary N) is 1. The molecule has 0 amide bonds. The van der Waals surface area contributed by atoms with Crippen molar-refractivity contribution in [1.29, 1.82) is 0 Å². The summed E-state index contributed by atoms with van der Waals surface area (Å²) in [7, 11) is 1.68. The molecule has 0 aliphatic rings. The van der Waals surface area contributed by atoms with E-state index in [1.807, 2.05) is 31.2 Å². The van der Waals surface area contributed by atoms with Crippen LogP contribution < -0.4 is 5.32 Å². The van der Waals surface area contributed by atoms with Crippen molar-refractivity contribution in [3.05, 3.63) is 63.4 Å². The van der Waals surface area contributed by atoms with Gasteiger partial charge in [0.25, 0.3) is 0 Å². The topological polar surface area (TPSA) is 21.3 Å². The molecule has 1 N–H and O–H groups in total. The summed E-state index contributed by atoms with van der Waals surface area (Å²) in [4.78, 5) is 0. The summed E-state index contributed by atoms with van der Waals surface area (Å²) in [6.07, 6.45) is 0. The van der Waals surface area contributed by atoms with Gasteiger partial charge in [-0.3, -0.25) is 0 Å². The lowest BCUT2D eigenvalue weighted by atomic mass is 10.1. The average molecular weight is 338 g/mol. The second-order valence-electron chi connectivity index (χ2n) is 4.68. The monoisotopic (exact) mass is 337 g/mol. The van der Waals surface area contributed by atoms with Crippen LogP contribution in [0.2, 0.25) is 0 Å². The van der Waals surface area contributed by atoms with E-state index in [4.69, 9.17) is 4.74 Å². The van der Waals surface area contributed by atoms with Crippen molar-refractivity contribution in [3.63, 3.8) is 0 Å². The van der Waals surface area contributed by atoms with Crippen molar-refractivity contribution < 1.29 is 9.13 Å². The summed E-state index contributed by atoms with van der Waals surface area (Å²) in [5.74, 6) is -0.256. The lowest BCUT2D eigenvalue weighted by Gasteiger charge is -2.11. The fraction of sp³-hybridized carbons (Fsp3) is 0.250. The van der Waals surface area contributed by atoms with Crippen molar-refractivity contribution in [2.45, 2.75) is 20.1 Å². The summed E-state index contributed by atoms with van der Waals surface area (Å²) >= 11 is 3.18. The van der Waals surface area contributed by atoms with E-state index < -0.39 is 0 Å². The van der Waals surface area contributed by atoms with Crippen LogP contribution in [0, 0.1) is 12.7 Å². The van der Waals surface area contributed by atoms with Gasteiger partial charge in [-0.05, 0) is 51.7 Å². The highest BCUT2D eigenvalue weighted by Gasteiger charge is 2.05. The Hall–Kier alpha value is -1.39. The zero-order valence-electron chi connectivity index (χ0n) is 11.5. The summed E-state index contributed by atoms with van der Waals surface area (Å²) in [5, 5.41) is 3.26. The van der Waals surface area contributed by atoms with Crippen LogP contribution in [0.4, 0.5) is 10.1 Å². The predicted octanol–water partition coefficient (Wildman–Crippen LogP) is 4.66. The maximum Gasteiger partial charge on any atom is 0.139 e. The van der Waals surface area contributed by atoms with Crippen molar-refractivity contribution >= 4 is 21.6 Å². The smallest absolute Gasteiger partial charge is 0.139 e. The van der Waals surface area contributed by atoms with E-state index in [1.54, 1.807) is 13.2 Å². The first kappa shape index (κ1) is 15.0. The third-order valence-electron chi connectivity index (χ3n) is 3.08. The highest BCUT2D eigenvalue weighted by Crippen LogP contribution is 2.24. The molecular weight excluding hydrogens is 321 g/mol. The Labute approximate surface area is 127 Å². The van der Waals surface area contributed by atoms with Crippen molar-refractivity contribution in [2.75, 3.05) is 12.4 Å². The molecule has 2 aromatic carbocycles. The molecule has 0 atom stereocenters. The van der Waals surface area contributed by atoms with Crippen LogP contribution in [0.25, 0.3) is 0 Å². The molecule has 0 unspecified atom stereocenters. The van der Waals surface area contributed by atoms with Gasteiger partial charge in [-0.25, -0.2) is 4.39 Å². The molecule has 0 bridgehead atoms. The third-order valence-corrected chi connectivity index (χ3v) is 3.69. The molecule has 4 heteroatoms. The molecule has 2 rings (SSSR count). The van der Waals surface area contributed by atoms with E-state index in [0.29, 0.717) is 17.6 Å². The summed E-state index contributed by atoms with van der Waals surface area (Å²) in [6.45, 7) is 3.23. The molecule has 2 aromatic rings. The minimum absolute atomic E-state index is 0.256. The van der Waals surface area contributed by atoms with Crippen molar-refractivity contribution in [1.82, 2.24) is 0 Å². The van der Waals surface area contributed by atoms with Crippen LogP contribution in [0.3, 0.4) is 0 Å². The Morgan fingerprint density at radius 3 is 2.45 bits per heavy atom. The second kappa shape index (κ2) is 6.86. The van der Waals surface area contributed by atoms with Gasteiger partial charge >= 0.3 is 0 Å². The zero-order valence-corrected chi connectivity index (χ0v) is 13.1. The number of methoxy groups -OCH3 is 1. The van der Waals surface area contributed by atoms with Crippen LogP contribution in [0.1, 0.15) is 16.7 Å². The van der Waals surface area contributed by atoms with E-state index in [1.165, 1.54) is 6.07 Å². The summed E-state index contributed by atoms with van der Waals surface area (Å²) in [6, 6.07) is 11.5. The normalized spacial score (nSPS) is 10.6. The molecule has 0 aromatic heterocycles. The molecule has 20 heavy (non-hydrogen) atoms. The molecule has 2 nitrogen and oxygen atoms in total. The molecular formula is C16H17BrFNO. The standard InChI is InChI=1S/C16H17BrFNO/c1-11-7-14(17)15(18)8-16(11)19-9-12-3-5-13(6-4-12)10-20-2/h3-8,19H,9-10H2,1-2H3. The maximum atomic E-state index is 13.5. The fourth-order valence-corrected chi connectivity index (χ4v) is 2.41. The van der Waals surface area contributed by atoms with Crippen LogP contribution >= 0.6 is 15.9 Å². The SMILES string of the molecule is COCc1ccc(CNc2cc(F)c(Br)cc2C)cc1. The molecule has 0 fully saturated rings. The van der Waals surface area contributed by atoms with Gasteiger partial charge in [0.1, 0.15) is 5.82 Å². The van der Waals surface area contributed by atoms with Crippen LogP contribution in [0.5, 0.6) is 0 Å². The molecule has 0 saturated carbocycles. The first-order chi connectivity index (χ1) is 9.60. The number of hydrogen-bond acceptors (Lipinski definition) is 2. The van der Waals surface area contributed by atoms with Crippen LogP contribution in [0.15, 0.2) is 40.9 Å². The van der Waals surface area contributed by atoms with E-state index in [2.05, 4.69) is 21.2 Å². The van der Waals surface area contributed by atoms with Gasteiger partial charge in [-0.1, -0.05) is 24.3 Å². The average Bonchev–Trinajstić information content (AvgIpc) is 2.43. The molecule has 0 saturated heterocycles. The number of anilines is 1. The highest BCUT2D eigenvalue weighted by molar-refractivity contribution is 9.10. The first-order valence-corrected chi connectivity index (χ1v) is 7.15. The van der Waals surface area contributed by atoms with Gasteiger partial charge in [-0.15, -0.1) is 0 Å². The zero-order chi connectivity index (χ0) is 14.5. The lowest BCUT2D eigenvalue weighted by Crippen LogP contribution is -2.02. The molecule has 0 aliphatic heterocycles. The molecule has 0 spiro atoms. The molecule has 0 aliphatic carbocycles. The Morgan fingerprint density at radius 1 is 1.15 bits per heavy atom. The predicted molar refractivity (Wildman–Crippen MR) is 83.3 cm³/mol. The van der Waals surface area contributed by atoms with Gasteiger partial charge in [0, 0.05) is 19.3 Å². The number of aryl methyl sites for hydroxylation is 1. The van der Waals surface area contributed by atoms with Crippen molar-refractivity contribution in [2.24, 2.45) is 0 Å². The quantitative estimate of drug-likeness (QED) is 0.856. The molecule has 106 valence electrons. The third kappa shape index (κ3) is 3.81. The Balaban J connectivity index is 2.03.